The summed E-state index contributed by atoms with van der Waals surface area (Å²) in [5.41, 5.74) is 10.2. The van der Waals surface area contributed by atoms with Gasteiger partial charge >= 0.3 is 5.97 Å². The Balaban J connectivity index is 1.74. The number of hydrogen-bond donors (Lipinski definition) is 3. The predicted octanol–water partition coefficient (Wildman–Crippen LogP) is 3.17. The molecule has 4 heterocycles. The number of carbonyl (C=O) groups is 2. The first-order valence-electron chi connectivity index (χ1n) is 10.4. The van der Waals surface area contributed by atoms with Crippen LogP contribution in [0.1, 0.15) is 40.2 Å². The minimum Gasteiger partial charge on any atom is -0.496 e. The normalized spacial score (nSPS) is 14.1. The molecule has 0 atom stereocenters. The summed E-state index contributed by atoms with van der Waals surface area (Å²) in [6.45, 7) is 3.91. The minimum absolute atomic E-state index is 0.00260. The maximum Gasteiger partial charge on any atom is 0.303 e. The molecule has 4 rings (SSSR count). The summed E-state index contributed by atoms with van der Waals surface area (Å²) < 4.78 is 5.49. The molecular formula is C23H23ClN6O4. The Kier molecular flexibility index (Phi) is 6.25. The fourth-order valence-corrected chi connectivity index (χ4v) is 4.23. The van der Waals surface area contributed by atoms with E-state index in [0.717, 1.165) is 16.8 Å². The number of nitrogens with zero attached hydrogens (tertiary/aromatic N) is 4. The number of amides is 1. The maximum absolute atomic E-state index is 13.5. The predicted molar refractivity (Wildman–Crippen MR) is 128 cm³/mol. The van der Waals surface area contributed by atoms with Gasteiger partial charge in [0.15, 0.2) is 5.82 Å². The lowest BCUT2D eigenvalue weighted by Crippen LogP contribution is -2.27. The summed E-state index contributed by atoms with van der Waals surface area (Å²) in [6.07, 6.45) is 3.68. The summed E-state index contributed by atoms with van der Waals surface area (Å²) in [7, 11) is 1.59. The monoisotopic (exact) mass is 482 g/mol. The molecule has 0 saturated heterocycles. The van der Waals surface area contributed by atoms with Crippen LogP contribution in [0.15, 0.2) is 18.3 Å². The fourth-order valence-electron chi connectivity index (χ4n) is 3.96. The Labute approximate surface area is 200 Å². The van der Waals surface area contributed by atoms with Gasteiger partial charge in [0, 0.05) is 28.7 Å². The number of aliphatic carboxylic acids is 1. The number of halogens is 1. The average molecular weight is 483 g/mol. The Bertz CT molecular complexity index is 1330. The molecular weight excluding hydrogens is 460 g/mol. The molecule has 1 aliphatic rings. The number of ether oxygens (including phenoxy) is 1. The molecule has 3 aromatic rings. The number of aromatic amines is 1. The Hall–Kier alpha value is -3.92. The van der Waals surface area contributed by atoms with E-state index in [2.05, 4.69) is 19.9 Å². The van der Waals surface area contributed by atoms with Crippen LogP contribution in [-0.2, 0) is 22.6 Å². The largest absolute Gasteiger partial charge is 0.496 e. The molecule has 0 aliphatic carbocycles. The summed E-state index contributed by atoms with van der Waals surface area (Å²) in [5, 5.41) is 8.96. The van der Waals surface area contributed by atoms with Crippen LogP contribution in [-0.4, -0.2) is 44.0 Å². The smallest absolute Gasteiger partial charge is 0.303 e. The minimum atomic E-state index is -0.886. The number of methoxy groups -OCH3 is 1. The van der Waals surface area contributed by atoms with Gasteiger partial charge in [0.25, 0.3) is 5.91 Å². The molecule has 0 spiro atoms. The number of carboxylic acids is 1. The zero-order valence-corrected chi connectivity index (χ0v) is 19.6. The number of carbonyl (C=O) groups excluding carboxylic acids is 1. The Morgan fingerprint density at radius 1 is 1.32 bits per heavy atom. The van der Waals surface area contributed by atoms with E-state index in [9.17, 15) is 9.59 Å². The van der Waals surface area contributed by atoms with Gasteiger partial charge in [-0.3, -0.25) is 19.5 Å². The van der Waals surface area contributed by atoms with E-state index >= 15 is 0 Å². The third-order valence-electron chi connectivity index (χ3n) is 5.60. The highest BCUT2D eigenvalue weighted by molar-refractivity contribution is 6.41. The fraction of sp³-hybridized carbons (Fsp3) is 0.261. The van der Waals surface area contributed by atoms with Crippen molar-refractivity contribution < 1.29 is 19.4 Å². The molecule has 0 unspecified atom stereocenters. The number of aryl methyl sites for hydroxylation is 2. The zero-order chi connectivity index (χ0) is 24.6. The summed E-state index contributed by atoms with van der Waals surface area (Å²) >= 11 is 6.40. The second-order valence-electron chi connectivity index (χ2n) is 7.90. The summed E-state index contributed by atoms with van der Waals surface area (Å²) in [5.74, 6) is -0.271. The number of fused-ring (bicyclic) bond motifs is 1. The first kappa shape index (κ1) is 23.2. The molecule has 3 aromatic heterocycles. The lowest BCUT2D eigenvalue weighted by molar-refractivity contribution is -0.137. The zero-order valence-electron chi connectivity index (χ0n) is 18.8. The van der Waals surface area contributed by atoms with E-state index in [0.29, 0.717) is 40.5 Å². The van der Waals surface area contributed by atoms with Crippen molar-refractivity contribution in [1.29, 1.82) is 0 Å². The average Bonchev–Trinajstić information content (AvgIpc) is 3.32. The summed E-state index contributed by atoms with van der Waals surface area (Å²) in [4.78, 5) is 41.8. The van der Waals surface area contributed by atoms with E-state index in [-0.39, 0.29) is 30.0 Å². The molecule has 34 heavy (non-hydrogen) atoms. The molecule has 176 valence electrons. The molecule has 10 nitrogen and oxygen atoms in total. The van der Waals surface area contributed by atoms with E-state index in [4.69, 9.17) is 27.2 Å². The van der Waals surface area contributed by atoms with Gasteiger partial charge in [0.1, 0.15) is 10.9 Å². The number of rotatable bonds is 7. The standard InChI is InChI=1S/C23H23ClN6O4/c1-11-9-26-16(12(2)19(11)34-3)10-30-21-18(20(24)28-23(25)29-21)15(22(30)33)8-14-5-4-13(27-14)6-7-17(31)32/h4-5,8-9,27H,6-7,10H2,1-3H3,(H,31,32)(H2,25,28,29)/b15-8-. The number of aromatic nitrogens is 4. The lowest BCUT2D eigenvalue weighted by atomic mass is 10.1. The summed E-state index contributed by atoms with van der Waals surface area (Å²) in [6, 6.07) is 3.54. The van der Waals surface area contributed by atoms with E-state index < -0.39 is 5.97 Å². The molecule has 0 fully saturated rings. The SMILES string of the molecule is COc1c(C)cnc(CN2C(=O)/C(=C\c3ccc(CCC(=O)O)[nH]3)c3c(Cl)nc(N)nc32)c1C. The highest BCUT2D eigenvalue weighted by Gasteiger charge is 2.37. The second kappa shape index (κ2) is 9.14. The van der Waals surface area contributed by atoms with Crippen molar-refractivity contribution in [3.8, 4) is 5.75 Å². The van der Waals surface area contributed by atoms with Crippen LogP contribution < -0.4 is 15.4 Å². The molecule has 11 heteroatoms. The van der Waals surface area contributed by atoms with Crippen LogP contribution in [0.2, 0.25) is 5.15 Å². The molecule has 0 bridgehead atoms. The highest BCUT2D eigenvalue weighted by atomic mass is 35.5. The van der Waals surface area contributed by atoms with E-state index in [1.54, 1.807) is 31.5 Å². The number of anilines is 2. The van der Waals surface area contributed by atoms with Gasteiger partial charge in [-0.15, -0.1) is 0 Å². The van der Waals surface area contributed by atoms with Crippen LogP contribution in [0.5, 0.6) is 5.75 Å². The van der Waals surface area contributed by atoms with Gasteiger partial charge in [-0.05, 0) is 38.5 Å². The first-order valence-corrected chi connectivity index (χ1v) is 10.8. The van der Waals surface area contributed by atoms with Gasteiger partial charge in [-0.2, -0.15) is 4.98 Å². The van der Waals surface area contributed by atoms with Crippen molar-refractivity contribution in [2.45, 2.75) is 33.2 Å². The molecule has 0 radical (unpaired) electrons. The van der Waals surface area contributed by atoms with Crippen molar-refractivity contribution in [1.82, 2.24) is 19.9 Å². The molecule has 0 aromatic carbocycles. The van der Waals surface area contributed by atoms with Crippen molar-refractivity contribution in [3.63, 3.8) is 0 Å². The number of nitrogens with two attached hydrogens (primary N) is 1. The maximum atomic E-state index is 13.5. The van der Waals surface area contributed by atoms with Gasteiger partial charge in [-0.25, -0.2) is 4.98 Å². The van der Waals surface area contributed by atoms with Crippen LogP contribution in [0.4, 0.5) is 11.8 Å². The number of H-pyrrole nitrogens is 1. The number of hydrogen-bond acceptors (Lipinski definition) is 7. The van der Waals surface area contributed by atoms with Crippen molar-refractivity contribution in [3.05, 3.63) is 57.3 Å². The van der Waals surface area contributed by atoms with Crippen LogP contribution in [0, 0.1) is 13.8 Å². The quantitative estimate of drug-likeness (QED) is 0.343. The lowest BCUT2D eigenvalue weighted by Gasteiger charge is -2.19. The molecule has 1 aliphatic heterocycles. The Morgan fingerprint density at radius 3 is 2.79 bits per heavy atom. The van der Waals surface area contributed by atoms with E-state index in [1.165, 1.54) is 4.90 Å². The van der Waals surface area contributed by atoms with Gasteiger partial charge in [0.2, 0.25) is 5.95 Å². The molecule has 4 N–H and O–H groups in total. The van der Waals surface area contributed by atoms with Gasteiger partial charge < -0.3 is 20.6 Å². The third-order valence-corrected chi connectivity index (χ3v) is 5.87. The van der Waals surface area contributed by atoms with Gasteiger partial charge in [0.05, 0.1) is 36.9 Å². The van der Waals surface area contributed by atoms with Crippen LogP contribution >= 0.6 is 11.6 Å². The van der Waals surface area contributed by atoms with Crippen molar-refractivity contribution in [2.24, 2.45) is 0 Å². The van der Waals surface area contributed by atoms with Crippen LogP contribution in [0.3, 0.4) is 0 Å². The second-order valence-corrected chi connectivity index (χ2v) is 8.26. The number of nitrogen functional groups attached to an aromatic ring is 1. The molecule has 1 amide bonds. The van der Waals surface area contributed by atoms with Crippen LogP contribution in [0.25, 0.3) is 11.6 Å². The third kappa shape index (κ3) is 4.32. The van der Waals surface area contributed by atoms with E-state index in [1.807, 2.05) is 13.8 Å². The van der Waals surface area contributed by atoms with Crippen molar-refractivity contribution in [2.75, 3.05) is 17.7 Å². The first-order chi connectivity index (χ1) is 16.2. The number of pyridine rings is 1. The highest BCUT2D eigenvalue weighted by Crippen LogP contribution is 2.41. The number of carboxylic acid groups (broad SMARTS) is 1. The van der Waals surface area contributed by atoms with Gasteiger partial charge in [-0.1, -0.05) is 11.6 Å². The molecule has 0 saturated carbocycles. The topological polar surface area (TPSA) is 147 Å². The number of nitrogens with one attached hydrogen (secondary N) is 1. The van der Waals surface area contributed by atoms with Crippen molar-refractivity contribution >= 4 is 46.9 Å². The Morgan fingerprint density at radius 2 is 2.09 bits per heavy atom.